The van der Waals surface area contributed by atoms with Crippen LogP contribution in [0.15, 0.2) is 18.3 Å². The van der Waals surface area contributed by atoms with Crippen LogP contribution < -0.4 is 11.1 Å². The normalized spacial score (nSPS) is 12.2. The molecule has 6 heteroatoms. The summed E-state index contributed by atoms with van der Waals surface area (Å²) in [5, 5.41) is 11.3. The summed E-state index contributed by atoms with van der Waals surface area (Å²) < 4.78 is 0. The number of carbonyl (C=O) groups excluding carboxylic acids is 1. The summed E-state index contributed by atoms with van der Waals surface area (Å²) in [6.45, 7) is 3.89. The Morgan fingerprint density at radius 1 is 1.44 bits per heavy atom. The number of amides is 1. The quantitative estimate of drug-likeness (QED) is 0.726. The van der Waals surface area contributed by atoms with Gasteiger partial charge in [0.25, 0.3) is 0 Å². The molecule has 0 aliphatic rings. The lowest BCUT2D eigenvalue weighted by Gasteiger charge is -2.14. The van der Waals surface area contributed by atoms with Crippen molar-refractivity contribution in [2.24, 2.45) is 11.7 Å². The Morgan fingerprint density at radius 3 is 2.56 bits per heavy atom. The van der Waals surface area contributed by atoms with Gasteiger partial charge in [-0.1, -0.05) is 13.8 Å². The van der Waals surface area contributed by atoms with E-state index in [1.165, 1.54) is 18.3 Å². The lowest BCUT2D eigenvalue weighted by molar-refractivity contribution is -0.116. The van der Waals surface area contributed by atoms with Crippen LogP contribution in [0.4, 0.5) is 5.69 Å². The number of rotatable bonds is 5. The van der Waals surface area contributed by atoms with Crippen molar-refractivity contribution in [2.45, 2.75) is 26.3 Å². The Bertz CT molecular complexity index is 429. The van der Waals surface area contributed by atoms with Crippen LogP contribution in [0.5, 0.6) is 0 Å². The van der Waals surface area contributed by atoms with E-state index in [0.717, 1.165) is 0 Å². The molecule has 0 spiro atoms. The molecule has 1 unspecified atom stereocenters. The molecule has 0 radical (unpaired) electrons. The van der Waals surface area contributed by atoms with Gasteiger partial charge in [0, 0.05) is 12.5 Å². The fraction of sp³-hybridized carbons (Fsp3) is 0.417. The average molecular weight is 251 g/mol. The maximum absolute atomic E-state index is 11.6. The molecule has 1 amide bonds. The minimum Gasteiger partial charge on any atom is -0.477 e. The molecular weight excluding hydrogens is 234 g/mol. The summed E-state index contributed by atoms with van der Waals surface area (Å²) in [5.74, 6) is -1.08. The number of hydrogen-bond acceptors (Lipinski definition) is 4. The zero-order valence-electron chi connectivity index (χ0n) is 10.4. The summed E-state index contributed by atoms with van der Waals surface area (Å²) in [7, 11) is 0. The smallest absolute Gasteiger partial charge is 0.354 e. The number of carboxylic acids is 1. The molecular formula is C12H17N3O3. The topological polar surface area (TPSA) is 105 Å². The van der Waals surface area contributed by atoms with Gasteiger partial charge in [-0.3, -0.25) is 4.79 Å². The van der Waals surface area contributed by atoms with Gasteiger partial charge in [-0.15, -0.1) is 0 Å². The first-order valence-electron chi connectivity index (χ1n) is 5.65. The van der Waals surface area contributed by atoms with E-state index in [0.29, 0.717) is 5.69 Å². The molecule has 0 saturated carbocycles. The van der Waals surface area contributed by atoms with E-state index in [-0.39, 0.29) is 30.0 Å². The summed E-state index contributed by atoms with van der Waals surface area (Å²) in [6, 6.07) is 2.63. The molecule has 6 nitrogen and oxygen atoms in total. The minimum absolute atomic E-state index is 0.0631. The standard InChI is InChI=1S/C12H17N3O3/c1-7(2)9(13)5-11(16)15-8-3-4-10(12(17)18)14-6-8/h3-4,6-7,9H,5,13H2,1-2H3,(H,15,16)(H,17,18). The monoisotopic (exact) mass is 251 g/mol. The van der Waals surface area contributed by atoms with E-state index in [9.17, 15) is 9.59 Å². The lowest BCUT2D eigenvalue weighted by atomic mass is 10.0. The average Bonchev–Trinajstić information content (AvgIpc) is 2.29. The summed E-state index contributed by atoms with van der Waals surface area (Å²) in [4.78, 5) is 25.9. The van der Waals surface area contributed by atoms with Crippen molar-refractivity contribution in [1.29, 1.82) is 0 Å². The Kier molecular flexibility index (Phi) is 4.79. The number of nitrogens with zero attached hydrogens (tertiary/aromatic N) is 1. The SMILES string of the molecule is CC(C)C(N)CC(=O)Nc1ccc(C(=O)O)nc1. The number of pyridine rings is 1. The molecule has 0 aromatic carbocycles. The Balaban J connectivity index is 2.57. The number of nitrogens with one attached hydrogen (secondary N) is 1. The highest BCUT2D eigenvalue weighted by molar-refractivity contribution is 5.91. The maximum Gasteiger partial charge on any atom is 0.354 e. The van der Waals surface area contributed by atoms with Gasteiger partial charge in [0.15, 0.2) is 0 Å². The first-order valence-corrected chi connectivity index (χ1v) is 5.65. The van der Waals surface area contributed by atoms with Crippen molar-refractivity contribution >= 4 is 17.6 Å². The van der Waals surface area contributed by atoms with Crippen molar-refractivity contribution in [3.8, 4) is 0 Å². The number of aromatic nitrogens is 1. The van der Waals surface area contributed by atoms with Crippen LogP contribution in [-0.4, -0.2) is 28.0 Å². The second-order valence-electron chi connectivity index (χ2n) is 4.40. The first-order chi connectivity index (χ1) is 8.40. The Hall–Kier alpha value is -1.95. The van der Waals surface area contributed by atoms with Gasteiger partial charge in [0.1, 0.15) is 5.69 Å². The van der Waals surface area contributed by atoms with E-state index >= 15 is 0 Å². The second-order valence-corrected chi connectivity index (χ2v) is 4.40. The molecule has 1 rings (SSSR count). The molecule has 98 valence electrons. The number of carboxylic acid groups (broad SMARTS) is 1. The van der Waals surface area contributed by atoms with Crippen molar-refractivity contribution in [3.63, 3.8) is 0 Å². The molecule has 0 aliphatic heterocycles. The highest BCUT2D eigenvalue weighted by Crippen LogP contribution is 2.09. The Morgan fingerprint density at radius 2 is 2.11 bits per heavy atom. The first kappa shape index (κ1) is 14.1. The van der Waals surface area contributed by atoms with Gasteiger partial charge in [-0.05, 0) is 18.1 Å². The number of nitrogens with two attached hydrogens (primary N) is 1. The van der Waals surface area contributed by atoms with Gasteiger partial charge in [0.2, 0.25) is 5.91 Å². The van der Waals surface area contributed by atoms with Crippen LogP contribution in [0.25, 0.3) is 0 Å². The van der Waals surface area contributed by atoms with E-state index in [1.54, 1.807) is 0 Å². The number of aromatic carboxylic acids is 1. The largest absolute Gasteiger partial charge is 0.477 e. The second kappa shape index (κ2) is 6.11. The van der Waals surface area contributed by atoms with Crippen LogP contribution >= 0.6 is 0 Å². The fourth-order valence-corrected chi connectivity index (χ4v) is 1.26. The van der Waals surface area contributed by atoms with E-state index in [2.05, 4.69) is 10.3 Å². The van der Waals surface area contributed by atoms with Crippen LogP contribution in [0, 0.1) is 5.92 Å². The van der Waals surface area contributed by atoms with Gasteiger partial charge < -0.3 is 16.2 Å². The van der Waals surface area contributed by atoms with E-state index < -0.39 is 5.97 Å². The molecule has 1 atom stereocenters. The van der Waals surface area contributed by atoms with Gasteiger partial charge in [0.05, 0.1) is 11.9 Å². The van der Waals surface area contributed by atoms with Crippen molar-refractivity contribution in [3.05, 3.63) is 24.0 Å². The summed E-state index contributed by atoms with van der Waals surface area (Å²) >= 11 is 0. The number of hydrogen-bond donors (Lipinski definition) is 3. The molecule has 1 aromatic heterocycles. The molecule has 4 N–H and O–H groups in total. The highest BCUT2D eigenvalue weighted by Gasteiger charge is 2.13. The van der Waals surface area contributed by atoms with Crippen LogP contribution in [0.1, 0.15) is 30.8 Å². The van der Waals surface area contributed by atoms with Crippen LogP contribution in [-0.2, 0) is 4.79 Å². The molecule has 0 aliphatic carbocycles. The molecule has 1 aromatic rings. The third kappa shape index (κ3) is 4.14. The predicted octanol–water partition coefficient (Wildman–Crippen LogP) is 1.09. The number of anilines is 1. The minimum atomic E-state index is -1.10. The fourth-order valence-electron chi connectivity index (χ4n) is 1.26. The Labute approximate surface area is 105 Å². The molecule has 1 heterocycles. The molecule has 0 saturated heterocycles. The van der Waals surface area contributed by atoms with E-state index in [1.807, 2.05) is 13.8 Å². The maximum atomic E-state index is 11.6. The van der Waals surface area contributed by atoms with Crippen molar-refractivity contribution < 1.29 is 14.7 Å². The summed E-state index contributed by atoms with van der Waals surface area (Å²) in [5.41, 5.74) is 6.18. The van der Waals surface area contributed by atoms with E-state index in [4.69, 9.17) is 10.8 Å². The van der Waals surface area contributed by atoms with Crippen molar-refractivity contribution in [1.82, 2.24) is 4.98 Å². The van der Waals surface area contributed by atoms with Crippen LogP contribution in [0.2, 0.25) is 0 Å². The van der Waals surface area contributed by atoms with Gasteiger partial charge in [-0.2, -0.15) is 0 Å². The summed E-state index contributed by atoms with van der Waals surface area (Å²) in [6.07, 6.45) is 1.53. The molecule has 18 heavy (non-hydrogen) atoms. The molecule has 0 bridgehead atoms. The van der Waals surface area contributed by atoms with Gasteiger partial charge >= 0.3 is 5.97 Å². The van der Waals surface area contributed by atoms with Crippen LogP contribution in [0.3, 0.4) is 0 Å². The molecule has 0 fully saturated rings. The lowest BCUT2D eigenvalue weighted by Crippen LogP contribution is -2.31. The zero-order chi connectivity index (χ0) is 13.7. The van der Waals surface area contributed by atoms with Gasteiger partial charge in [-0.25, -0.2) is 9.78 Å². The highest BCUT2D eigenvalue weighted by atomic mass is 16.4. The number of carbonyl (C=O) groups is 2. The predicted molar refractivity (Wildman–Crippen MR) is 67.3 cm³/mol. The third-order valence-corrected chi connectivity index (χ3v) is 2.54. The third-order valence-electron chi connectivity index (χ3n) is 2.54. The van der Waals surface area contributed by atoms with Crippen molar-refractivity contribution in [2.75, 3.05) is 5.32 Å². The zero-order valence-corrected chi connectivity index (χ0v) is 10.4.